The number of carbonyl (C=O) groups excluding carboxylic acids is 3. The smallest absolute Gasteiger partial charge is 0.310 e. The van der Waals surface area contributed by atoms with Crippen LogP contribution in [0.3, 0.4) is 0 Å². The minimum atomic E-state index is -1.37. The molecule has 6 nitrogen and oxygen atoms in total. The second-order valence-corrected chi connectivity index (χ2v) is 14.9. The van der Waals surface area contributed by atoms with Crippen LogP contribution in [0.5, 0.6) is 5.75 Å². The molecule has 4 atom stereocenters. The number of ether oxygens (including phenoxy) is 2. The Labute approximate surface area is 172 Å². The highest BCUT2D eigenvalue weighted by Crippen LogP contribution is 2.55. The molecule has 29 heavy (non-hydrogen) atoms. The van der Waals surface area contributed by atoms with Gasteiger partial charge in [0.15, 0.2) is 0 Å². The topological polar surface area (TPSA) is 89.9 Å². The van der Waals surface area contributed by atoms with Gasteiger partial charge in [0.05, 0.1) is 31.0 Å². The van der Waals surface area contributed by atoms with Crippen LogP contribution < -0.4 is 0 Å². The molecule has 0 heterocycles. The van der Waals surface area contributed by atoms with Crippen LogP contribution in [-0.2, 0) is 23.9 Å². The third-order valence-corrected chi connectivity index (χ3v) is 7.55. The van der Waals surface area contributed by atoms with Gasteiger partial charge < -0.3 is 14.6 Å². The lowest BCUT2D eigenvalue weighted by Crippen LogP contribution is -2.50. The van der Waals surface area contributed by atoms with Crippen LogP contribution in [0.1, 0.15) is 42.7 Å². The van der Waals surface area contributed by atoms with Crippen molar-refractivity contribution in [2.75, 3.05) is 13.2 Å². The van der Waals surface area contributed by atoms with Crippen molar-refractivity contribution in [3.63, 3.8) is 0 Å². The first-order valence-electron chi connectivity index (χ1n) is 10.3. The molecule has 1 aromatic rings. The van der Waals surface area contributed by atoms with Gasteiger partial charge in [0.25, 0.3) is 0 Å². The molecule has 1 N–H and O–H groups in total. The zero-order valence-electron chi connectivity index (χ0n) is 17.6. The van der Waals surface area contributed by atoms with Gasteiger partial charge in [-0.3, -0.25) is 14.4 Å². The summed E-state index contributed by atoms with van der Waals surface area (Å²) >= 11 is 0. The van der Waals surface area contributed by atoms with E-state index in [0.29, 0.717) is 18.6 Å². The number of fused-ring (bicyclic) bond motifs is 2. The Morgan fingerprint density at radius 3 is 2.38 bits per heavy atom. The summed E-state index contributed by atoms with van der Waals surface area (Å²) in [5.74, 6) is -3.85. The highest BCUT2D eigenvalue weighted by atomic mass is 28.3. The fourth-order valence-corrected chi connectivity index (χ4v) is 5.13. The molecule has 0 radical (unpaired) electrons. The lowest BCUT2D eigenvalue weighted by Gasteiger charge is -2.46. The summed E-state index contributed by atoms with van der Waals surface area (Å²) in [7, 11) is -1.37. The molecule has 0 aliphatic heterocycles. The first kappa shape index (κ1) is 21.6. The predicted octanol–water partition coefficient (Wildman–Crippen LogP) is 3.61. The normalized spacial score (nSPS) is 25.4. The molecule has 2 bridgehead atoms. The molecule has 158 valence electrons. The molecular weight excluding hydrogens is 388 g/mol. The van der Waals surface area contributed by atoms with E-state index in [9.17, 15) is 19.5 Å². The maximum Gasteiger partial charge on any atom is 0.310 e. The van der Waals surface area contributed by atoms with Crippen LogP contribution in [0, 0.1) is 11.8 Å². The molecule has 7 heteroatoms. The molecule has 1 saturated carbocycles. The first-order chi connectivity index (χ1) is 13.6. The van der Waals surface area contributed by atoms with E-state index < -0.39 is 43.7 Å². The van der Waals surface area contributed by atoms with Gasteiger partial charge in [-0.05, 0) is 35.7 Å². The van der Waals surface area contributed by atoms with E-state index >= 15 is 0 Å². The standard InChI is InChI=1S/C22H30O6Si/c1-5-8-27-22(26)20-18-15-11-13(23)6-7-14(15)16(12-17(18)24)19(20)21(25)28-9-10-29(2,3)4/h6-7,11,16,18-20,23H,5,8-10,12H2,1-4H3/t16-,18-,19-,20-/m1/s1. The van der Waals surface area contributed by atoms with Crippen molar-refractivity contribution in [1.82, 2.24) is 0 Å². The quantitative estimate of drug-likeness (QED) is 0.537. The maximum absolute atomic E-state index is 13.1. The van der Waals surface area contributed by atoms with Gasteiger partial charge in [-0.1, -0.05) is 32.6 Å². The van der Waals surface area contributed by atoms with Gasteiger partial charge in [-0.25, -0.2) is 0 Å². The number of rotatable bonds is 7. The molecular formula is C22H30O6Si. The monoisotopic (exact) mass is 418 g/mol. The molecule has 4 rings (SSSR count). The SMILES string of the molecule is CCCOC(=O)[C@H]1[C@H](C(=O)OCC[Si](C)(C)C)[C@@H]2CC(=O)[C@H]1c1cc(O)ccc12. The van der Waals surface area contributed by atoms with Gasteiger partial charge in [0.2, 0.25) is 0 Å². The Bertz CT molecular complexity index is 812. The Morgan fingerprint density at radius 2 is 1.72 bits per heavy atom. The highest BCUT2D eigenvalue weighted by Gasteiger charge is 2.57. The van der Waals surface area contributed by atoms with Crippen molar-refractivity contribution in [3.8, 4) is 5.75 Å². The van der Waals surface area contributed by atoms with Gasteiger partial charge in [-0.15, -0.1) is 0 Å². The van der Waals surface area contributed by atoms with E-state index in [4.69, 9.17) is 9.47 Å². The van der Waals surface area contributed by atoms with Crippen molar-refractivity contribution < 1.29 is 29.0 Å². The molecule has 1 fully saturated rings. The van der Waals surface area contributed by atoms with Crippen LogP contribution in [0.2, 0.25) is 25.7 Å². The molecule has 0 unspecified atom stereocenters. The largest absolute Gasteiger partial charge is 0.508 e. The predicted molar refractivity (Wildman–Crippen MR) is 111 cm³/mol. The number of aromatic hydroxyl groups is 1. The second-order valence-electron chi connectivity index (χ2n) is 9.27. The minimum absolute atomic E-state index is 0.0408. The first-order valence-corrected chi connectivity index (χ1v) is 14.0. The highest BCUT2D eigenvalue weighted by molar-refractivity contribution is 6.76. The zero-order valence-corrected chi connectivity index (χ0v) is 18.6. The summed E-state index contributed by atoms with van der Waals surface area (Å²) in [6.45, 7) is 9.07. The lowest BCUT2D eigenvalue weighted by molar-refractivity contribution is -0.167. The Kier molecular flexibility index (Phi) is 6.17. The molecule has 0 spiro atoms. The number of ketones is 1. The van der Waals surface area contributed by atoms with Crippen LogP contribution in [0.15, 0.2) is 18.2 Å². The van der Waals surface area contributed by atoms with Crippen LogP contribution in [0.25, 0.3) is 0 Å². The number of carbonyl (C=O) groups is 3. The summed E-state index contributed by atoms with van der Waals surface area (Å²) in [6.07, 6.45) is 0.858. The fourth-order valence-electron chi connectivity index (χ4n) is 4.41. The molecule has 0 amide bonds. The average molecular weight is 419 g/mol. The number of benzene rings is 1. The van der Waals surface area contributed by atoms with Crippen molar-refractivity contribution >= 4 is 25.8 Å². The Morgan fingerprint density at radius 1 is 1.07 bits per heavy atom. The number of esters is 2. The minimum Gasteiger partial charge on any atom is -0.508 e. The number of phenols is 1. The summed E-state index contributed by atoms with van der Waals surface area (Å²) in [6, 6.07) is 5.69. The molecule has 0 saturated heterocycles. The molecule has 0 aromatic heterocycles. The van der Waals surface area contributed by atoms with Gasteiger partial charge in [0.1, 0.15) is 11.5 Å². The van der Waals surface area contributed by atoms with Crippen molar-refractivity contribution in [2.24, 2.45) is 11.8 Å². The van der Waals surface area contributed by atoms with E-state index in [2.05, 4.69) is 19.6 Å². The Hall–Kier alpha value is -2.15. The van der Waals surface area contributed by atoms with Crippen molar-refractivity contribution in [3.05, 3.63) is 29.3 Å². The number of phenolic OH excluding ortho intramolecular Hbond substituents is 1. The van der Waals surface area contributed by atoms with E-state index in [0.717, 1.165) is 11.6 Å². The molecule has 3 aliphatic rings. The van der Waals surface area contributed by atoms with Gasteiger partial charge in [0, 0.05) is 20.4 Å². The summed E-state index contributed by atoms with van der Waals surface area (Å²) in [5, 5.41) is 9.92. The van der Waals surface area contributed by atoms with Crippen molar-refractivity contribution in [2.45, 2.75) is 57.3 Å². The summed E-state index contributed by atoms with van der Waals surface area (Å²) in [4.78, 5) is 38.8. The van der Waals surface area contributed by atoms with Crippen LogP contribution in [-0.4, -0.2) is 44.1 Å². The Balaban J connectivity index is 1.94. The van der Waals surface area contributed by atoms with Gasteiger partial charge >= 0.3 is 11.9 Å². The number of Topliss-reactive ketones (excluding diaryl/α,β-unsaturated/α-hetero) is 1. The molecule has 3 aliphatic carbocycles. The van der Waals surface area contributed by atoms with Crippen LogP contribution in [0.4, 0.5) is 0 Å². The molecule has 1 aromatic carbocycles. The average Bonchev–Trinajstić information content (AvgIpc) is 2.64. The maximum atomic E-state index is 13.1. The fraction of sp³-hybridized carbons (Fsp3) is 0.591. The lowest BCUT2D eigenvalue weighted by atomic mass is 9.55. The number of hydrogen-bond donors (Lipinski definition) is 1. The summed E-state index contributed by atoms with van der Waals surface area (Å²) < 4.78 is 11.0. The van der Waals surface area contributed by atoms with E-state index in [-0.39, 0.29) is 24.6 Å². The van der Waals surface area contributed by atoms with Crippen molar-refractivity contribution in [1.29, 1.82) is 0 Å². The van der Waals surface area contributed by atoms with Crippen LogP contribution >= 0.6 is 0 Å². The second kappa shape index (κ2) is 8.30. The van der Waals surface area contributed by atoms with Gasteiger partial charge in [-0.2, -0.15) is 0 Å². The zero-order chi connectivity index (χ0) is 21.3. The van der Waals surface area contributed by atoms with E-state index in [1.165, 1.54) is 6.07 Å². The third kappa shape index (κ3) is 4.39. The number of hydrogen-bond acceptors (Lipinski definition) is 6. The summed E-state index contributed by atoms with van der Waals surface area (Å²) in [5.41, 5.74) is 1.48. The van der Waals surface area contributed by atoms with E-state index in [1.54, 1.807) is 12.1 Å². The van der Waals surface area contributed by atoms with E-state index in [1.807, 2.05) is 6.92 Å². The third-order valence-electron chi connectivity index (χ3n) is 5.84.